The smallest absolute Gasteiger partial charge is 0.315 e. The molecular formula is C32H45Cl2N5O5. The molecule has 8 atom stereocenters. The molecule has 0 aromatic rings. The summed E-state index contributed by atoms with van der Waals surface area (Å²) in [6, 6.07) is -3.19. The highest BCUT2D eigenvalue weighted by Crippen LogP contribution is 2.65. The first kappa shape index (κ1) is 32.8. The van der Waals surface area contributed by atoms with Gasteiger partial charge in [-0.3, -0.25) is 19.2 Å². The summed E-state index contributed by atoms with van der Waals surface area (Å²) in [5.74, 6) is -2.33. The van der Waals surface area contributed by atoms with Crippen LogP contribution < -0.4 is 21.3 Å². The van der Waals surface area contributed by atoms with Crippen molar-refractivity contribution in [2.75, 3.05) is 13.1 Å². The number of hydrogen-bond donors (Lipinski definition) is 4. The van der Waals surface area contributed by atoms with E-state index in [4.69, 9.17) is 23.2 Å². The van der Waals surface area contributed by atoms with Gasteiger partial charge in [0.2, 0.25) is 17.6 Å². The summed E-state index contributed by atoms with van der Waals surface area (Å²) in [6.07, 6.45) is 12.7. The molecule has 5 fully saturated rings. The lowest BCUT2D eigenvalue weighted by atomic mass is 9.83. The van der Waals surface area contributed by atoms with Gasteiger partial charge in [-0.25, -0.2) is 4.79 Å². The number of alkyl halides is 2. The van der Waals surface area contributed by atoms with E-state index >= 15 is 0 Å². The third-order valence-corrected chi connectivity index (χ3v) is 11.6. The zero-order chi connectivity index (χ0) is 31.6. The lowest BCUT2D eigenvalue weighted by molar-refractivity contribution is -0.144. The predicted molar refractivity (Wildman–Crippen MR) is 168 cm³/mol. The largest absolute Gasteiger partial charge is 0.346 e. The molecule has 1 saturated heterocycles. The van der Waals surface area contributed by atoms with Crippen molar-refractivity contribution in [1.29, 1.82) is 0 Å². The van der Waals surface area contributed by atoms with Crippen LogP contribution in [-0.4, -0.2) is 76.0 Å². The molecule has 4 N–H and O–H groups in total. The van der Waals surface area contributed by atoms with Gasteiger partial charge in [-0.2, -0.15) is 0 Å². The maximum atomic E-state index is 14.3. The Bertz CT molecular complexity index is 1170. The molecular weight excluding hydrogens is 605 g/mol. The number of amides is 5. The van der Waals surface area contributed by atoms with Gasteiger partial charge in [0.1, 0.15) is 16.4 Å². The lowest BCUT2D eigenvalue weighted by Gasteiger charge is -2.37. The summed E-state index contributed by atoms with van der Waals surface area (Å²) < 4.78 is -1.19. The minimum Gasteiger partial charge on any atom is -0.346 e. The van der Waals surface area contributed by atoms with E-state index in [9.17, 15) is 24.0 Å². The number of piperidine rings is 1. The van der Waals surface area contributed by atoms with Gasteiger partial charge < -0.3 is 26.2 Å². The normalized spacial score (nSPS) is 31.3. The number of halogens is 2. The fraction of sp³-hybridized carbons (Fsp3) is 0.719. The Morgan fingerprint density at radius 3 is 2.34 bits per heavy atom. The molecule has 1 heterocycles. The number of urea groups is 1. The van der Waals surface area contributed by atoms with Gasteiger partial charge >= 0.3 is 6.03 Å². The van der Waals surface area contributed by atoms with E-state index in [0.717, 1.165) is 51.4 Å². The van der Waals surface area contributed by atoms with Crippen LogP contribution >= 0.6 is 23.2 Å². The Balaban J connectivity index is 1.32. The molecule has 5 rings (SSSR count). The zero-order valence-corrected chi connectivity index (χ0v) is 26.7. The van der Waals surface area contributed by atoms with E-state index in [-0.39, 0.29) is 49.3 Å². The van der Waals surface area contributed by atoms with Crippen molar-refractivity contribution in [3.8, 4) is 0 Å². The number of nitrogens with one attached hydrogen (secondary N) is 4. The van der Waals surface area contributed by atoms with Crippen LogP contribution in [-0.2, 0) is 19.2 Å². The van der Waals surface area contributed by atoms with Crippen LogP contribution in [0.5, 0.6) is 0 Å². The molecule has 0 aromatic carbocycles. The number of nitrogens with zero attached hydrogens (tertiary/aromatic N) is 1. The Kier molecular flexibility index (Phi) is 10.3. The van der Waals surface area contributed by atoms with Gasteiger partial charge in [-0.15, -0.1) is 36.4 Å². The van der Waals surface area contributed by atoms with Crippen LogP contribution in [0.15, 0.2) is 25.3 Å². The molecule has 2 bridgehead atoms. The monoisotopic (exact) mass is 649 g/mol. The van der Waals surface area contributed by atoms with Crippen LogP contribution in [0.3, 0.4) is 0 Å². The highest BCUT2D eigenvalue weighted by Gasteiger charge is 2.74. The number of ketones is 1. The van der Waals surface area contributed by atoms with Crippen molar-refractivity contribution in [2.24, 2.45) is 29.6 Å². The minimum atomic E-state index is -1.19. The number of fused-ring (bicyclic) bond motifs is 3. The maximum absolute atomic E-state index is 14.3. The fourth-order valence-electron chi connectivity index (χ4n) is 8.15. The van der Waals surface area contributed by atoms with E-state index in [0.29, 0.717) is 18.3 Å². The summed E-state index contributed by atoms with van der Waals surface area (Å²) in [5.41, 5.74) is 0. The van der Waals surface area contributed by atoms with Crippen molar-refractivity contribution in [1.82, 2.24) is 26.2 Å². The Morgan fingerprint density at radius 1 is 0.955 bits per heavy atom. The summed E-state index contributed by atoms with van der Waals surface area (Å²) in [4.78, 5) is 68.4. The average Bonchev–Trinajstić information content (AvgIpc) is 3.53. The Hall–Kier alpha value is -2.59. The van der Waals surface area contributed by atoms with Gasteiger partial charge in [0.05, 0.1) is 6.04 Å². The first-order chi connectivity index (χ1) is 21.1. The maximum Gasteiger partial charge on any atom is 0.315 e. The second kappa shape index (κ2) is 13.8. The first-order valence-electron chi connectivity index (χ1n) is 16.2. The Morgan fingerprint density at radius 2 is 1.70 bits per heavy atom. The van der Waals surface area contributed by atoms with Crippen molar-refractivity contribution in [2.45, 2.75) is 99.1 Å². The standard InChI is InChI=1S/C32H45Cl2N5O5/c1-3-5-11-22(27(40)29(42)35-14-4-2)36-28(41)26-24-21(32(24,33)34)17-39(26)30(43)25(19-9-7-6-8-10-19)38-31(44)37-23-16-18-12-13-20(23)15-18/h3-4,18-26H,1-2,5-17H2,(H,35,42)(H,36,41)(H2,37,38,44)/t18?,20?,21-,22-,23?,24-,25-,26-/m0/s1. The van der Waals surface area contributed by atoms with Crippen molar-refractivity contribution < 1.29 is 24.0 Å². The molecule has 0 spiro atoms. The van der Waals surface area contributed by atoms with E-state index in [1.807, 2.05) is 0 Å². The number of Topliss-reactive ketones (excluding diaryl/α,β-unsaturated/α-hetero) is 1. The van der Waals surface area contributed by atoms with Crippen molar-refractivity contribution in [3.63, 3.8) is 0 Å². The van der Waals surface area contributed by atoms with E-state index in [2.05, 4.69) is 34.4 Å². The third-order valence-electron chi connectivity index (χ3n) is 10.5. The number of rotatable bonds is 13. The van der Waals surface area contributed by atoms with Crippen LogP contribution in [0.1, 0.15) is 70.6 Å². The number of hydrogen-bond acceptors (Lipinski definition) is 5. The van der Waals surface area contributed by atoms with Crippen LogP contribution in [0.4, 0.5) is 4.79 Å². The number of likely N-dealkylation sites (tertiary alicyclic amines) is 1. The summed E-state index contributed by atoms with van der Waals surface area (Å²) in [6.45, 7) is 7.49. The number of carbonyl (C=O) groups is 5. The average molecular weight is 651 g/mol. The molecule has 0 aromatic heterocycles. The van der Waals surface area contributed by atoms with Gasteiger partial charge in [0, 0.05) is 31.0 Å². The number of carbonyl (C=O) groups excluding carboxylic acids is 5. The van der Waals surface area contributed by atoms with Crippen LogP contribution in [0, 0.1) is 29.6 Å². The summed E-state index contributed by atoms with van der Waals surface area (Å²) in [5, 5.41) is 11.3. The molecule has 10 nitrogen and oxygen atoms in total. The topological polar surface area (TPSA) is 137 Å². The highest BCUT2D eigenvalue weighted by molar-refractivity contribution is 6.51. The van der Waals surface area contributed by atoms with Gasteiger partial charge in [0.15, 0.2) is 0 Å². The number of allylic oxidation sites excluding steroid dienone is 1. The van der Waals surface area contributed by atoms with Gasteiger partial charge in [0.25, 0.3) is 5.91 Å². The van der Waals surface area contributed by atoms with Crippen molar-refractivity contribution in [3.05, 3.63) is 25.3 Å². The molecule has 4 aliphatic carbocycles. The molecule has 242 valence electrons. The zero-order valence-electron chi connectivity index (χ0n) is 25.2. The van der Waals surface area contributed by atoms with Crippen molar-refractivity contribution >= 4 is 52.7 Å². The van der Waals surface area contributed by atoms with E-state index in [1.165, 1.54) is 17.4 Å². The molecule has 0 radical (unpaired) electrons. The second-order valence-electron chi connectivity index (χ2n) is 13.3. The van der Waals surface area contributed by atoms with Gasteiger partial charge in [-0.05, 0) is 62.7 Å². The van der Waals surface area contributed by atoms with E-state index < -0.39 is 46.0 Å². The molecule has 5 aliphatic rings. The van der Waals surface area contributed by atoms with Crippen LogP contribution in [0.2, 0.25) is 0 Å². The fourth-order valence-corrected chi connectivity index (χ4v) is 8.98. The minimum absolute atomic E-state index is 0.0603. The summed E-state index contributed by atoms with van der Waals surface area (Å²) >= 11 is 13.1. The summed E-state index contributed by atoms with van der Waals surface area (Å²) in [7, 11) is 0. The highest BCUT2D eigenvalue weighted by atomic mass is 35.5. The molecule has 1 aliphatic heterocycles. The Labute approximate surface area is 269 Å². The van der Waals surface area contributed by atoms with Crippen LogP contribution in [0.25, 0.3) is 0 Å². The lowest BCUT2D eigenvalue weighted by Crippen LogP contribution is -2.61. The van der Waals surface area contributed by atoms with Gasteiger partial charge in [-0.1, -0.05) is 37.8 Å². The molecule has 4 saturated carbocycles. The third kappa shape index (κ3) is 6.81. The molecule has 12 heteroatoms. The first-order valence-corrected chi connectivity index (χ1v) is 16.9. The molecule has 5 amide bonds. The second-order valence-corrected chi connectivity index (χ2v) is 14.8. The quantitative estimate of drug-likeness (QED) is 0.138. The predicted octanol–water partition coefficient (Wildman–Crippen LogP) is 3.38. The molecule has 44 heavy (non-hydrogen) atoms. The SMILES string of the molecule is C=CCC[C@H](NC(=O)[C@@H]1[C@@H]2[C@H](CN1C(=O)[C@@H](NC(=O)NC1CC3CCC1C3)C1CCCCC1)C2(Cl)Cl)C(=O)C(=O)NCC=C. The molecule has 3 unspecified atom stereocenters. The van der Waals surface area contributed by atoms with E-state index in [1.54, 1.807) is 6.08 Å².